The van der Waals surface area contributed by atoms with Gasteiger partial charge >= 0.3 is 0 Å². The van der Waals surface area contributed by atoms with Gasteiger partial charge in [0, 0.05) is 23.5 Å². The second-order valence-electron chi connectivity index (χ2n) is 7.48. The standard InChI is InChI=1S/C22H27BrN2O5S/c1-15(17-4-9-20(29-2)21(14-17)30-3)24-22(26)16-10-12-25(13-11-16)31(27,28)19-7-5-18(23)6-8-19/h4-9,14-16H,10-13H2,1-3H3,(H,24,26). The number of benzene rings is 2. The lowest BCUT2D eigenvalue weighted by molar-refractivity contribution is -0.126. The van der Waals surface area contributed by atoms with Gasteiger partial charge in [-0.25, -0.2) is 8.42 Å². The molecule has 3 rings (SSSR count). The van der Waals surface area contributed by atoms with Crippen LogP contribution in [0.5, 0.6) is 11.5 Å². The summed E-state index contributed by atoms with van der Waals surface area (Å²) in [5.74, 6) is 0.943. The molecule has 0 bridgehead atoms. The first-order valence-corrected chi connectivity index (χ1v) is 12.3. The SMILES string of the molecule is COc1ccc(C(C)NC(=O)C2CCN(S(=O)(=O)c3ccc(Br)cc3)CC2)cc1OC. The summed E-state index contributed by atoms with van der Waals surface area (Å²) in [5.41, 5.74) is 0.904. The van der Waals surface area contributed by atoms with Gasteiger partial charge in [-0.3, -0.25) is 4.79 Å². The molecule has 0 spiro atoms. The molecule has 9 heteroatoms. The van der Waals surface area contributed by atoms with Gasteiger partial charge in [0.1, 0.15) is 0 Å². The van der Waals surface area contributed by atoms with Crippen LogP contribution in [0.2, 0.25) is 0 Å². The fourth-order valence-electron chi connectivity index (χ4n) is 3.65. The Kier molecular flexibility index (Phi) is 7.61. The van der Waals surface area contributed by atoms with Crippen molar-refractivity contribution in [1.82, 2.24) is 9.62 Å². The molecule has 1 unspecified atom stereocenters. The van der Waals surface area contributed by atoms with E-state index >= 15 is 0 Å². The van der Waals surface area contributed by atoms with Crippen LogP contribution in [0.4, 0.5) is 0 Å². The van der Waals surface area contributed by atoms with Crippen LogP contribution < -0.4 is 14.8 Å². The third kappa shape index (κ3) is 5.39. The van der Waals surface area contributed by atoms with Gasteiger partial charge in [0.05, 0.1) is 25.2 Å². The van der Waals surface area contributed by atoms with Crippen molar-refractivity contribution in [3.05, 3.63) is 52.5 Å². The predicted octanol–water partition coefficient (Wildman–Crippen LogP) is 3.74. The van der Waals surface area contributed by atoms with E-state index in [1.54, 1.807) is 38.5 Å². The van der Waals surface area contributed by atoms with Crippen molar-refractivity contribution in [1.29, 1.82) is 0 Å². The summed E-state index contributed by atoms with van der Waals surface area (Å²) in [4.78, 5) is 13.0. The minimum atomic E-state index is -3.55. The van der Waals surface area contributed by atoms with E-state index in [-0.39, 0.29) is 22.8 Å². The normalized spacial score (nSPS) is 16.5. The predicted molar refractivity (Wildman–Crippen MR) is 122 cm³/mol. The van der Waals surface area contributed by atoms with Gasteiger partial charge in [-0.05, 0) is 61.7 Å². The molecule has 168 valence electrons. The summed E-state index contributed by atoms with van der Waals surface area (Å²) in [7, 11) is -0.407. The fraction of sp³-hybridized carbons (Fsp3) is 0.409. The Labute approximate surface area is 191 Å². The largest absolute Gasteiger partial charge is 0.493 e. The molecule has 0 aromatic heterocycles. The van der Waals surface area contributed by atoms with Crippen LogP contribution in [-0.2, 0) is 14.8 Å². The molecule has 1 N–H and O–H groups in total. The molecule has 1 aliphatic heterocycles. The van der Waals surface area contributed by atoms with E-state index in [0.29, 0.717) is 37.4 Å². The maximum absolute atomic E-state index is 12.8. The van der Waals surface area contributed by atoms with Crippen molar-refractivity contribution < 1.29 is 22.7 Å². The first-order valence-electron chi connectivity index (χ1n) is 10.0. The van der Waals surface area contributed by atoms with Crippen LogP contribution in [0.25, 0.3) is 0 Å². The van der Waals surface area contributed by atoms with Crippen molar-refractivity contribution in [3.8, 4) is 11.5 Å². The third-order valence-electron chi connectivity index (χ3n) is 5.54. The summed E-state index contributed by atoms with van der Waals surface area (Å²) in [6, 6.07) is 11.9. The van der Waals surface area contributed by atoms with Crippen LogP contribution in [-0.4, -0.2) is 45.9 Å². The van der Waals surface area contributed by atoms with Crippen LogP contribution in [0.1, 0.15) is 31.4 Å². The van der Waals surface area contributed by atoms with E-state index in [9.17, 15) is 13.2 Å². The number of hydrogen-bond acceptors (Lipinski definition) is 5. The summed E-state index contributed by atoms with van der Waals surface area (Å²) >= 11 is 3.32. The molecular formula is C22H27BrN2O5S. The Morgan fingerprint density at radius 3 is 2.26 bits per heavy atom. The summed E-state index contributed by atoms with van der Waals surface area (Å²) < 4.78 is 38.5. The van der Waals surface area contributed by atoms with Crippen LogP contribution in [0.15, 0.2) is 51.8 Å². The van der Waals surface area contributed by atoms with Crippen LogP contribution >= 0.6 is 15.9 Å². The van der Waals surface area contributed by atoms with Gasteiger partial charge in [-0.1, -0.05) is 22.0 Å². The molecule has 1 saturated heterocycles. The van der Waals surface area contributed by atoms with Gasteiger partial charge in [-0.15, -0.1) is 0 Å². The highest BCUT2D eigenvalue weighted by Crippen LogP contribution is 2.30. The van der Waals surface area contributed by atoms with Crippen LogP contribution in [0.3, 0.4) is 0 Å². The number of methoxy groups -OCH3 is 2. The van der Waals surface area contributed by atoms with E-state index in [0.717, 1.165) is 10.0 Å². The Bertz CT molecular complexity index is 1020. The lowest BCUT2D eigenvalue weighted by Crippen LogP contribution is -2.43. The quantitative estimate of drug-likeness (QED) is 0.613. The summed E-state index contributed by atoms with van der Waals surface area (Å²) in [6.07, 6.45) is 0.973. The number of hydrogen-bond donors (Lipinski definition) is 1. The number of carbonyl (C=O) groups excluding carboxylic acids is 1. The molecule has 7 nitrogen and oxygen atoms in total. The highest BCUT2D eigenvalue weighted by molar-refractivity contribution is 9.10. The molecule has 0 radical (unpaired) electrons. The van der Waals surface area contributed by atoms with Crippen molar-refractivity contribution in [3.63, 3.8) is 0 Å². The van der Waals surface area contributed by atoms with Gasteiger partial charge in [0.15, 0.2) is 11.5 Å². The number of piperidine rings is 1. The number of rotatable bonds is 7. The van der Waals surface area contributed by atoms with E-state index in [2.05, 4.69) is 21.2 Å². The molecule has 2 aromatic carbocycles. The van der Waals surface area contributed by atoms with Crippen molar-refractivity contribution in [2.24, 2.45) is 5.92 Å². The van der Waals surface area contributed by atoms with E-state index in [1.807, 2.05) is 25.1 Å². The zero-order valence-corrected chi connectivity index (χ0v) is 20.2. The highest BCUT2D eigenvalue weighted by Gasteiger charge is 2.32. The number of halogens is 1. The number of carbonyl (C=O) groups is 1. The Balaban J connectivity index is 1.59. The highest BCUT2D eigenvalue weighted by atomic mass is 79.9. The number of sulfonamides is 1. The molecule has 2 aromatic rings. The lowest BCUT2D eigenvalue weighted by Gasteiger charge is -2.31. The number of nitrogens with one attached hydrogen (secondary N) is 1. The summed E-state index contributed by atoms with van der Waals surface area (Å²) in [6.45, 7) is 2.55. The maximum Gasteiger partial charge on any atom is 0.243 e. The molecular weight excluding hydrogens is 484 g/mol. The van der Waals surface area contributed by atoms with E-state index < -0.39 is 10.0 Å². The molecule has 1 heterocycles. The molecule has 1 fully saturated rings. The minimum Gasteiger partial charge on any atom is -0.493 e. The topological polar surface area (TPSA) is 84.9 Å². The zero-order valence-electron chi connectivity index (χ0n) is 17.8. The monoisotopic (exact) mass is 510 g/mol. The lowest BCUT2D eigenvalue weighted by atomic mass is 9.96. The molecule has 0 aliphatic carbocycles. The third-order valence-corrected chi connectivity index (χ3v) is 7.98. The average molecular weight is 511 g/mol. The minimum absolute atomic E-state index is 0.0667. The average Bonchev–Trinajstić information content (AvgIpc) is 2.78. The molecule has 1 atom stereocenters. The van der Waals surface area contributed by atoms with Gasteiger partial charge < -0.3 is 14.8 Å². The van der Waals surface area contributed by atoms with Gasteiger partial charge in [-0.2, -0.15) is 4.31 Å². The maximum atomic E-state index is 12.8. The Morgan fingerprint density at radius 2 is 1.68 bits per heavy atom. The number of amides is 1. The first kappa shape index (κ1) is 23.6. The molecule has 0 saturated carbocycles. The van der Waals surface area contributed by atoms with E-state index in [4.69, 9.17) is 9.47 Å². The zero-order chi connectivity index (χ0) is 22.6. The molecule has 1 amide bonds. The molecule has 1 aliphatic rings. The number of nitrogens with zero attached hydrogens (tertiary/aromatic N) is 1. The second-order valence-corrected chi connectivity index (χ2v) is 10.3. The van der Waals surface area contributed by atoms with Crippen molar-refractivity contribution in [2.45, 2.75) is 30.7 Å². The number of ether oxygens (including phenoxy) is 2. The second kappa shape index (κ2) is 10.0. The van der Waals surface area contributed by atoms with Crippen molar-refractivity contribution in [2.75, 3.05) is 27.3 Å². The smallest absolute Gasteiger partial charge is 0.243 e. The van der Waals surface area contributed by atoms with Crippen LogP contribution in [0, 0.1) is 5.92 Å². The fourth-order valence-corrected chi connectivity index (χ4v) is 5.38. The summed E-state index contributed by atoms with van der Waals surface area (Å²) in [5, 5.41) is 3.04. The Hall–Kier alpha value is -2.10. The molecule has 31 heavy (non-hydrogen) atoms. The Morgan fingerprint density at radius 1 is 1.06 bits per heavy atom. The van der Waals surface area contributed by atoms with Gasteiger partial charge in [0.25, 0.3) is 0 Å². The first-order chi connectivity index (χ1) is 14.8. The van der Waals surface area contributed by atoms with Crippen molar-refractivity contribution >= 4 is 31.9 Å². The van der Waals surface area contributed by atoms with E-state index in [1.165, 1.54) is 4.31 Å². The van der Waals surface area contributed by atoms with Gasteiger partial charge in [0.2, 0.25) is 15.9 Å².